The van der Waals surface area contributed by atoms with Crippen LogP contribution in [0.3, 0.4) is 0 Å². The van der Waals surface area contributed by atoms with Gasteiger partial charge in [-0.25, -0.2) is 4.99 Å². The van der Waals surface area contributed by atoms with Crippen LogP contribution in [-0.2, 0) is 6.54 Å². The summed E-state index contributed by atoms with van der Waals surface area (Å²) in [5.74, 6) is 1.94. The van der Waals surface area contributed by atoms with Crippen LogP contribution in [0.15, 0.2) is 15.6 Å². The van der Waals surface area contributed by atoms with E-state index in [-0.39, 0.29) is 30.1 Å². The predicted octanol–water partition coefficient (Wildman–Crippen LogP) is 2.77. The van der Waals surface area contributed by atoms with E-state index in [1.165, 1.54) is 0 Å². The van der Waals surface area contributed by atoms with Crippen molar-refractivity contribution in [1.29, 1.82) is 0 Å². The molecule has 0 spiro atoms. The number of rotatable bonds is 5. The molecule has 3 N–H and O–H groups in total. The Kier molecular flexibility index (Phi) is 8.90. The van der Waals surface area contributed by atoms with Crippen LogP contribution in [0.4, 0.5) is 0 Å². The highest BCUT2D eigenvalue weighted by Gasteiger charge is 2.20. The number of halogens is 1. The van der Waals surface area contributed by atoms with Crippen LogP contribution in [0.2, 0.25) is 0 Å². The maximum atomic E-state index is 9.57. The van der Waals surface area contributed by atoms with Gasteiger partial charge in [0.25, 0.3) is 0 Å². The summed E-state index contributed by atoms with van der Waals surface area (Å²) in [6.45, 7) is 7.52. The van der Waals surface area contributed by atoms with Crippen molar-refractivity contribution in [3.8, 4) is 0 Å². The number of aliphatic hydroxyl groups is 1. The van der Waals surface area contributed by atoms with Crippen molar-refractivity contribution in [3.05, 3.63) is 17.5 Å². The number of aliphatic imine (C=N–C) groups is 1. The third-order valence-electron chi connectivity index (χ3n) is 3.94. The molecular weight excluding hydrogens is 407 g/mol. The first-order chi connectivity index (χ1) is 10.6. The van der Waals surface area contributed by atoms with Gasteiger partial charge in [-0.1, -0.05) is 19.0 Å². The van der Waals surface area contributed by atoms with Crippen LogP contribution in [0.1, 0.15) is 63.8 Å². The fourth-order valence-electron chi connectivity index (χ4n) is 2.57. The summed E-state index contributed by atoms with van der Waals surface area (Å²) in [7, 11) is 0. The van der Waals surface area contributed by atoms with Crippen LogP contribution in [0.5, 0.6) is 0 Å². The van der Waals surface area contributed by atoms with Crippen molar-refractivity contribution in [3.63, 3.8) is 0 Å². The van der Waals surface area contributed by atoms with Crippen molar-refractivity contribution < 1.29 is 9.63 Å². The zero-order valence-corrected chi connectivity index (χ0v) is 16.5. The zero-order chi connectivity index (χ0) is 15.9. The fourth-order valence-corrected chi connectivity index (χ4v) is 2.57. The second kappa shape index (κ2) is 10.1. The first kappa shape index (κ1) is 20.2. The molecule has 1 fully saturated rings. The highest BCUT2D eigenvalue weighted by atomic mass is 127. The summed E-state index contributed by atoms with van der Waals surface area (Å²) < 4.78 is 5.31. The first-order valence-corrected chi connectivity index (χ1v) is 8.26. The molecule has 2 rings (SSSR count). The highest BCUT2D eigenvalue weighted by molar-refractivity contribution is 14.0. The van der Waals surface area contributed by atoms with Crippen molar-refractivity contribution in [1.82, 2.24) is 15.8 Å². The smallest absolute Gasteiger partial charge is 0.191 e. The van der Waals surface area contributed by atoms with Gasteiger partial charge < -0.3 is 20.3 Å². The summed E-state index contributed by atoms with van der Waals surface area (Å²) in [4.78, 5) is 4.57. The molecule has 1 aromatic heterocycles. The minimum absolute atomic E-state index is 0. The van der Waals surface area contributed by atoms with E-state index in [0.29, 0.717) is 18.5 Å². The van der Waals surface area contributed by atoms with E-state index in [4.69, 9.17) is 4.52 Å². The third kappa shape index (κ3) is 6.66. The molecule has 1 saturated carbocycles. The van der Waals surface area contributed by atoms with Crippen molar-refractivity contribution in [2.45, 2.75) is 71.1 Å². The predicted molar refractivity (Wildman–Crippen MR) is 102 cm³/mol. The number of hydrogen-bond donors (Lipinski definition) is 3. The van der Waals surface area contributed by atoms with E-state index in [0.717, 1.165) is 49.6 Å². The van der Waals surface area contributed by atoms with Crippen molar-refractivity contribution in [2.75, 3.05) is 6.54 Å². The lowest BCUT2D eigenvalue weighted by molar-refractivity contribution is 0.120. The second-order valence-corrected chi connectivity index (χ2v) is 6.22. The van der Waals surface area contributed by atoms with Gasteiger partial charge >= 0.3 is 0 Å². The lowest BCUT2D eigenvalue weighted by atomic mass is 9.93. The Morgan fingerprint density at radius 2 is 2.09 bits per heavy atom. The Bertz CT molecular complexity index is 482. The van der Waals surface area contributed by atoms with Crippen molar-refractivity contribution in [2.24, 2.45) is 4.99 Å². The van der Waals surface area contributed by atoms with Gasteiger partial charge in [0.2, 0.25) is 0 Å². The summed E-state index contributed by atoms with van der Waals surface area (Å²) in [5.41, 5.74) is 0.962. The number of hydrogen-bond acceptors (Lipinski definition) is 4. The molecule has 0 saturated heterocycles. The van der Waals surface area contributed by atoms with Crippen LogP contribution < -0.4 is 10.6 Å². The van der Waals surface area contributed by atoms with Crippen LogP contribution in [0.25, 0.3) is 0 Å². The minimum atomic E-state index is -0.138. The molecule has 0 bridgehead atoms. The number of nitrogens with one attached hydrogen (secondary N) is 2. The van der Waals surface area contributed by atoms with Gasteiger partial charge in [-0.3, -0.25) is 0 Å². The standard InChI is InChI=1S/C16H28N4O2.HI/c1-4-17-16(19-12-5-7-13(21)8-6-12)18-10-14-9-15(11(2)3)20-22-14;/h9,11-13,21H,4-8,10H2,1-3H3,(H2,17,18,19);1H. The molecule has 1 aromatic rings. The average molecular weight is 436 g/mol. The highest BCUT2D eigenvalue weighted by Crippen LogP contribution is 2.18. The normalized spacial score (nSPS) is 21.9. The van der Waals surface area contributed by atoms with E-state index in [1.54, 1.807) is 0 Å². The molecule has 0 atom stereocenters. The maximum Gasteiger partial charge on any atom is 0.191 e. The van der Waals surface area contributed by atoms with E-state index < -0.39 is 0 Å². The van der Waals surface area contributed by atoms with Crippen LogP contribution >= 0.6 is 24.0 Å². The molecular formula is C16H29IN4O2. The van der Waals surface area contributed by atoms with E-state index in [1.807, 2.05) is 13.0 Å². The summed E-state index contributed by atoms with van der Waals surface area (Å²) in [6.07, 6.45) is 3.53. The third-order valence-corrected chi connectivity index (χ3v) is 3.94. The number of guanidine groups is 1. The largest absolute Gasteiger partial charge is 0.393 e. The Hall–Kier alpha value is -0.830. The van der Waals surface area contributed by atoms with Gasteiger partial charge in [0.1, 0.15) is 6.54 Å². The number of nitrogens with zero attached hydrogens (tertiary/aromatic N) is 2. The minimum Gasteiger partial charge on any atom is -0.393 e. The molecule has 0 aromatic carbocycles. The van der Waals surface area contributed by atoms with E-state index in [9.17, 15) is 5.11 Å². The van der Waals surface area contributed by atoms with Crippen LogP contribution in [-0.4, -0.2) is 34.9 Å². The second-order valence-electron chi connectivity index (χ2n) is 6.22. The monoisotopic (exact) mass is 436 g/mol. The number of aromatic nitrogens is 1. The molecule has 7 heteroatoms. The molecule has 132 valence electrons. The summed E-state index contributed by atoms with van der Waals surface area (Å²) in [6, 6.07) is 2.34. The fraction of sp³-hybridized carbons (Fsp3) is 0.750. The van der Waals surface area contributed by atoms with Crippen molar-refractivity contribution >= 4 is 29.9 Å². The molecule has 6 nitrogen and oxygen atoms in total. The van der Waals surface area contributed by atoms with E-state index in [2.05, 4.69) is 34.6 Å². The molecule has 0 aliphatic heterocycles. The molecule has 1 aliphatic rings. The Morgan fingerprint density at radius 3 is 2.65 bits per heavy atom. The zero-order valence-electron chi connectivity index (χ0n) is 14.2. The van der Waals surface area contributed by atoms with Gasteiger partial charge in [-0.2, -0.15) is 0 Å². The van der Waals surface area contributed by atoms with E-state index >= 15 is 0 Å². The maximum absolute atomic E-state index is 9.57. The quantitative estimate of drug-likeness (QED) is 0.376. The lowest BCUT2D eigenvalue weighted by Gasteiger charge is -2.27. The lowest BCUT2D eigenvalue weighted by Crippen LogP contribution is -2.45. The first-order valence-electron chi connectivity index (χ1n) is 8.26. The Balaban J connectivity index is 0.00000264. The molecule has 23 heavy (non-hydrogen) atoms. The SMILES string of the molecule is CCNC(=NCc1cc(C(C)C)no1)NC1CCC(O)CC1.I. The summed E-state index contributed by atoms with van der Waals surface area (Å²) in [5, 5.41) is 20.3. The topological polar surface area (TPSA) is 82.7 Å². The average Bonchev–Trinajstić information content (AvgIpc) is 2.96. The molecule has 0 unspecified atom stereocenters. The molecule has 0 amide bonds. The molecule has 1 aliphatic carbocycles. The van der Waals surface area contributed by atoms with Gasteiger partial charge in [0, 0.05) is 18.7 Å². The van der Waals surface area contributed by atoms with Gasteiger partial charge in [0.05, 0.1) is 11.8 Å². The molecule has 0 radical (unpaired) electrons. The number of aliphatic hydroxyl groups excluding tert-OH is 1. The van der Waals surface area contributed by atoms with Gasteiger partial charge in [-0.15, -0.1) is 24.0 Å². The molecule has 1 heterocycles. The van der Waals surface area contributed by atoms with Gasteiger partial charge in [-0.05, 0) is 38.5 Å². The van der Waals surface area contributed by atoms with Gasteiger partial charge in [0.15, 0.2) is 11.7 Å². The van der Waals surface area contributed by atoms with Crippen LogP contribution in [0, 0.1) is 0 Å². The summed E-state index contributed by atoms with van der Waals surface area (Å²) >= 11 is 0. The Morgan fingerprint density at radius 1 is 1.39 bits per heavy atom. The Labute approximate surface area is 155 Å².